The van der Waals surface area contributed by atoms with E-state index in [0.29, 0.717) is 5.92 Å². The van der Waals surface area contributed by atoms with Crippen LogP contribution in [-0.2, 0) is 0 Å². The van der Waals surface area contributed by atoms with Crippen LogP contribution < -0.4 is 10.2 Å². The molecule has 0 atom stereocenters. The highest BCUT2D eigenvalue weighted by atomic mass is 15.2. The first-order valence-electron chi connectivity index (χ1n) is 6.74. The molecule has 1 aliphatic heterocycles. The molecule has 1 aromatic heterocycles. The van der Waals surface area contributed by atoms with E-state index in [4.69, 9.17) is 4.98 Å². The number of nitrogens with zero attached hydrogens (tertiary/aromatic N) is 3. The molecule has 1 saturated carbocycles. The molecule has 3 rings (SSSR count). The van der Waals surface area contributed by atoms with E-state index < -0.39 is 0 Å². The minimum atomic E-state index is 0.620. The summed E-state index contributed by atoms with van der Waals surface area (Å²) in [5.41, 5.74) is 0. The van der Waals surface area contributed by atoms with Crippen LogP contribution in [0.25, 0.3) is 0 Å². The standard InChI is InChI=1S/C13H20N4/c1-2-14-11-9-12(17-7-3-4-8-17)16-13(15-11)10-5-6-10/h9-10H,2-8H2,1H3,(H,14,15,16). The Balaban J connectivity index is 1.89. The van der Waals surface area contributed by atoms with E-state index in [1.54, 1.807) is 0 Å². The van der Waals surface area contributed by atoms with Crippen LogP contribution in [0.15, 0.2) is 6.07 Å². The maximum absolute atomic E-state index is 4.73. The van der Waals surface area contributed by atoms with Gasteiger partial charge in [-0.1, -0.05) is 0 Å². The average molecular weight is 232 g/mol. The predicted octanol–water partition coefficient (Wildman–Crippen LogP) is 2.39. The summed E-state index contributed by atoms with van der Waals surface area (Å²) in [7, 11) is 0. The molecule has 2 heterocycles. The molecule has 1 aromatic rings. The van der Waals surface area contributed by atoms with Crippen molar-refractivity contribution in [2.24, 2.45) is 0 Å². The zero-order valence-electron chi connectivity index (χ0n) is 10.4. The third-order valence-electron chi connectivity index (χ3n) is 3.46. The first-order chi connectivity index (χ1) is 8.36. The number of anilines is 2. The van der Waals surface area contributed by atoms with Crippen LogP contribution >= 0.6 is 0 Å². The van der Waals surface area contributed by atoms with Gasteiger partial charge in [-0.15, -0.1) is 0 Å². The Morgan fingerprint density at radius 3 is 2.71 bits per heavy atom. The normalized spacial score (nSPS) is 19.7. The molecule has 1 N–H and O–H groups in total. The van der Waals surface area contributed by atoms with Crippen molar-refractivity contribution in [3.63, 3.8) is 0 Å². The van der Waals surface area contributed by atoms with Crippen molar-refractivity contribution in [3.8, 4) is 0 Å². The summed E-state index contributed by atoms with van der Waals surface area (Å²) in [6.07, 6.45) is 5.10. The molecule has 4 nitrogen and oxygen atoms in total. The second-order valence-electron chi connectivity index (χ2n) is 4.97. The second kappa shape index (κ2) is 4.51. The molecule has 4 heteroatoms. The summed E-state index contributed by atoms with van der Waals surface area (Å²) >= 11 is 0. The van der Waals surface area contributed by atoms with Crippen LogP contribution in [0.2, 0.25) is 0 Å². The van der Waals surface area contributed by atoms with Gasteiger partial charge < -0.3 is 10.2 Å². The van der Waals surface area contributed by atoms with E-state index >= 15 is 0 Å². The number of aromatic nitrogens is 2. The molecule has 1 aliphatic carbocycles. The fourth-order valence-electron chi connectivity index (χ4n) is 2.36. The summed E-state index contributed by atoms with van der Waals surface area (Å²) in [4.78, 5) is 11.7. The minimum absolute atomic E-state index is 0.620. The van der Waals surface area contributed by atoms with Gasteiger partial charge in [0, 0.05) is 31.6 Å². The van der Waals surface area contributed by atoms with Crippen LogP contribution in [0, 0.1) is 0 Å². The molecule has 92 valence electrons. The van der Waals surface area contributed by atoms with Gasteiger partial charge in [0.05, 0.1) is 0 Å². The number of rotatable bonds is 4. The zero-order chi connectivity index (χ0) is 11.7. The Labute approximate surface area is 102 Å². The summed E-state index contributed by atoms with van der Waals surface area (Å²) in [5, 5.41) is 3.32. The molecular weight excluding hydrogens is 212 g/mol. The Bertz CT molecular complexity index is 394. The molecule has 0 unspecified atom stereocenters. The van der Waals surface area contributed by atoms with Crippen LogP contribution in [0.4, 0.5) is 11.6 Å². The van der Waals surface area contributed by atoms with Gasteiger partial charge in [0.25, 0.3) is 0 Å². The SMILES string of the molecule is CCNc1cc(N2CCCC2)nc(C2CC2)n1. The third-order valence-corrected chi connectivity index (χ3v) is 3.46. The monoisotopic (exact) mass is 232 g/mol. The number of hydrogen-bond acceptors (Lipinski definition) is 4. The topological polar surface area (TPSA) is 41.0 Å². The van der Waals surface area contributed by atoms with Gasteiger partial charge in [0.2, 0.25) is 0 Å². The lowest BCUT2D eigenvalue weighted by Gasteiger charge is -2.18. The molecule has 0 amide bonds. The summed E-state index contributed by atoms with van der Waals surface area (Å²) in [5.74, 6) is 3.78. The smallest absolute Gasteiger partial charge is 0.136 e. The van der Waals surface area contributed by atoms with Gasteiger partial charge >= 0.3 is 0 Å². The van der Waals surface area contributed by atoms with E-state index in [-0.39, 0.29) is 0 Å². The molecule has 0 radical (unpaired) electrons. The van der Waals surface area contributed by atoms with E-state index in [1.165, 1.54) is 25.7 Å². The van der Waals surface area contributed by atoms with Crippen molar-refractivity contribution in [3.05, 3.63) is 11.9 Å². The minimum Gasteiger partial charge on any atom is -0.370 e. The van der Waals surface area contributed by atoms with E-state index in [1.807, 2.05) is 0 Å². The molecule has 0 aromatic carbocycles. The van der Waals surface area contributed by atoms with Crippen molar-refractivity contribution >= 4 is 11.6 Å². The molecule has 0 spiro atoms. The van der Waals surface area contributed by atoms with Crippen molar-refractivity contribution in [1.82, 2.24) is 9.97 Å². The first kappa shape index (κ1) is 10.8. The lowest BCUT2D eigenvalue weighted by Crippen LogP contribution is -2.20. The van der Waals surface area contributed by atoms with Gasteiger partial charge in [-0.2, -0.15) is 0 Å². The van der Waals surface area contributed by atoms with E-state index in [2.05, 4.69) is 28.2 Å². The Morgan fingerprint density at radius 1 is 1.29 bits per heavy atom. The van der Waals surface area contributed by atoms with Crippen LogP contribution in [0.1, 0.15) is 44.3 Å². The van der Waals surface area contributed by atoms with Crippen LogP contribution in [0.3, 0.4) is 0 Å². The average Bonchev–Trinajstić information content (AvgIpc) is 3.05. The van der Waals surface area contributed by atoms with Crippen molar-refractivity contribution in [2.75, 3.05) is 29.9 Å². The first-order valence-corrected chi connectivity index (χ1v) is 6.74. The fraction of sp³-hybridized carbons (Fsp3) is 0.692. The molecule has 2 aliphatic rings. The van der Waals surface area contributed by atoms with Crippen LogP contribution in [-0.4, -0.2) is 29.6 Å². The van der Waals surface area contributed by atoms with Gasteiger partial charge in [-0.3, -0.25) is 0 Å². The summed E-state index contributed by atoms with van der Waals surface area (Å²) < 4.78 is 0. The second-order valence-corrected chi connectivity index (χ2v) is 4.97. The molecule has 2 fully saturated rings. The van der Waals surface area contributed by atoms with Gasteiger partial charge in [0.15, 0.2) is 0 Å². The highest BCUT2D eigenvalue weighted by Crippen LogP contribution is 2.39. The third kappa shape index (κ3) is 2.35. The molecule has 17 heavy (non-hydrogen) atoms. The maximum Gasteiger partial charge on any atom is 0.136 e. The van der Waals surface area contributed by atoms with Crippen molar-refractivity contribution < 1.29 is 0 Å². The molecule has 1 saturated heterocycles. The predicted molar refractivity (Wildman–Crippen MR) is 69.6 cm³/mol. The number of nitrogens with one attached hydrogen (secondary N) is 1. The zero-order valence-corrected chi connectivity index (χ0v) is 10.4. The van der Waals surface area contributed by atoms with Crippen molar-refractivity contribution in [1.29, 1.82) is 0 Å². The van der Waals surface area contributed by atoms with Crippen molar-refractivity contribution in [2.45, 2.75) is 38.5 Å². The molecule has 0 bridgehead atoms. The fourth-order valence-corrected chi connectivity index (χ4v) is 2.36. The Morgan fingerprint density at radius 2 is 2.06 bits per heavy atom. The van der Waals surface area contributed by atoms with E-state index in [9.17, 15) is 0 Å². The lowest BCUT2D eigenvalue weighted by molar-refractivity contribution is 0.871. The lowest BCUT2D eigenvalue weighted by atomic mass is 10.3. The highest BCUT2D eigenvalue weighted by molar-refractivity contribution is 5.50. The quantitative estimate of drug-likeness (QED) is 0.865. The maximum atomic E-state index is 4.73. The van der Waals surface area contributed by atoms with Gasteiger partial charge in [-0.05, 0) is 32.6 Å². The highest BCUT2D eigenvalue weighted by Gasteiger charge is 2.28. The Hall–Kier alpha value is -1.32. The summed E-state index contributed by atoms with van der Waals surface area (Å²) in [6, 6.07) is 2.10. The van der Waals surface area contributed by atoms with Gasteiger partial charge in [0.1, 0.15) is 17.5 Å². The largest absolute Gasteiger partial charge is 0.370 e. The Kier molecular flexibility index (Phi) is 2.87. The van der Waals surface area contributed by atoms with Crippen LogP contribution in [0.5, 0.6) is 0 Å². The molecular formula is C13H20N4. The summed E-state index contributed by atoms with van der Waals surface area (Å²) in [6.45, 7) is 5.31. The van der Waals surface area contributed by atoms with E-state index in [0.717, 1.165) is 37.1 Å². The van der Waals surface area contributed by atoms with Gasteiger partial charge in [-0.25, -0.2) is 9.97 Å². The number of hydrogen-bond donors (Lipinski definition) is 1.